The predicted molar refractivity (Wildman–Crippen MR) is 88.7 cm³/mol. The van der Waals surface area contributed by atoms with Crippen molar-refractivity contribution in [2.24, 2.45) is 0 Å². The number of aromatic nitrogens is 1. The molecule has 0 atom stereocenters. The number of anilines is 1. The molecule has 0 saturated heterocycles. The minimum Gasteiger partial charge on any atom is -0.384 e. The Morgan fingerprint density at radius 2 is 1.88 bits per heavy atom. The van der Waals surface area contributed by atoms with Gasteiger partial charge in [-0.2, -0.15) is 0 Å². The molecule has 126 valence electrons. The molecular weight excluding hydrogens is 324 g/mol. The average molecular weight is 338 g/mol. The van der Waals surface area contributed by atoms with E-state index in [1.54, 1.807) is 24.3 Å². The van der Waals surface area contributed by atoms with E-state index >= 15 is 0 Å². The molecule has 2 aromatic rings. The zero-order chi connectivity index (χ0) is 17.7. The van der Waals surface area contributed by atoms with Gasteiger partial charge in [0.25, 0.3) is 23.3 Å². The number of rotatable bonds is 3. The maximum atomic E-state index is 12.5. The second kappa shape index (κ2) is 5.30. The van der Waals surface area contributed by atoms with Crippen LogP contribution in [0.15, 0.2) is 35.1 Å². The van der Waals surface area contributed by atoms with E-state index < -0.39 is 17.4 Å². The van der Waals surface area contributed by atoms with Crippen molar-refractivity contribution >= 4 is 23.5 Å². The van der Waals surface area contributed by atoms with Crippen molar-refractivity contribution in [2.45, 2.75) is 18.9 Å². The van der Waals surface area contributed by atoms with E-state index in [1.807, 2.05) is 0 Å². The van der Waals surface area contributed by atoms with Crippen molar-refractivity contribution in [1.82, 2.24) is 15.2 Å². The molecule has 2 heterocycles. The van der Waals surface area contributed by atoms with E-state index in [2.05, 4.69) is 10.6 Å². The van der Waals surface area contributed by atoms with Crippen LogP contribution in [0.1, 0.15) is 43.9 Å². The number of hydrogen-bond acceptors (Lipinski definition) is 5. The molecule has 0 spiro atoms. The van der Waals surface area contributed by atoms with Gasteiger partial charge >= 0.3 is 0 Å². The number of nitrogens with one attached hydrogen (secondary N) is 2. The number of nitrogen functional groups attached to an aromatic ring is 1. The smallest absolute Gasteiger partial charge is 0.262 e. The first kappa shape index (κ1) is 15.1. The first-order valence-electron chi connectivity index (χ1n) is 7.79. The van der Waals surface area contributed by atoms with Crippen LogP contribution in [-0.4, -0.2) is 28.3 Å². The van der Waals surface area contributed by atoms with E-state index in [1.165, 1.54) is 0 Å². The summed E-state index contributed by atoms with van der Waals surface area (Å²) in [6, 6.07) is 7.70. The van der Waals surface area contributed by atoms with Crippen LogP contribution >= 0.6 is 0 Å². The van der Waals surface area contributed by atoms with Crippen LogP contribution in [0.5, 0.6) is 0 Å². The summed E-state index contributed by atoms with van der Waals surface area (Å²) in [6.45, 7) is 0. The monoisotopic (exact) mass is 338 g/mol. The summed E-state index contributed by atoms with van der Waals surface area (Å²) in [5, 5.41) is 4.97. The van der Waals surface area contributed by atoms with Crippen LogP contribution in [0.3, 0.4) is 0 Å². The molecule has 4 N–H and O–H groups in total. The molecule has 1 aromatic heterocycles. The molecule has 8 heteroatoms. The average Bonchev–Trinajstić information content (AvgIpc) is 3.33. The third-order valence-corrected chi connectivity index (χ3v) is 4.26. The van der Waals surface area contributed by atoms with E-state index in [9.17, 15) is 19.2 Å². The summed E-state index contributed by atoms with van der Waals surface area (Å²) in [4.78, 5) is 48.7. The van der Waals surface area contributed by atoms with Gasteiger partial charge < -0.3 is 11.1 Å². The molecule has 1 fully saturated rings. The number of carbonyl (C=O) groups is 3. The summed E-state index contributed by atoms with van der Waals surface area (Å²) in [6.07, 6.45) is 1.86. The highest BCUT2D eigenvalue weighted by atomic mass is 16.2. The number of para-hydroxylation sites is 1. The quantitative estimate of drug-likeness (QED) is 0.690. The minimum absolute atomic E-state index is 0.0522. The van der Waals surface area contributed by atoms with Crippen LogP contribution in [0.2, 0.25) is 0 Å². The molecular formula is C17H14N4O4. The fraction of sp³-hybridized carbons (Fsp3) is 0.176. The maximum Gasteiger partial charge on any atom is 0.262 e. The number of hydrogen-bond donors (Lipinski definition) is 3. The van der Waals surface area contributed by atoms with Crippen molar-refractivity contribution in [3.8, 4) is 5.69 Å². The molecule has 3 amide bonds. The van der Waals surface area contributed by atoms with Gasteiger partial charge in [0.05, 0.1) is 22.4 Å². The van der Waals surface area contributed by atoms with Gasteiger partial charge in [-0.1, -0.05) is 12.1 Å². The Bertz CT molecular complexity index is 1000. The van der Waals surface area contributed by atoms with Gasteiger partial charge in [-0.05, 0) is 25.0 Å². The number of carbonyl (C=O) groups excluding carboxylic acids is 3. The second-order valence-electron chi connectivity index (χ2n) is 6.04. The predicted octanol–water partition coefficient (Wildman–Crippen LogP) is 0.195. The Hall–Kier alpha value is -3.42. The Morgan fingerprint density at radius 1 is 1.16 bits per heavy atom. The van der Waals surface area contributed by atoms with E-state index in [4.69, 9.17) is 5.73 Å². The van der Waals surface area contributed by atoms with Gasteiger partial charge in [0.2, 0.25) is 0 Å². The summed E-state index contributed by atoms with van der Waals surface area (Å²) in [5.74, 6) is -1.80. The van der Waals surface area contributed by atoms with Gasteiger partial charge in [0.1, 0.15) is 5.82 Å². The van der Waals surface area contributed by atoms with Crippen molar-refractivity contribution in [3.63, 3.8) is 0 Å². The van der Waals surface area contributed by atoms with Gasteiger partial charge in [-0.3, -0.25) is 29.1 Å². The maximum absolute atomic E-state index is 12.5. The lowest BCUT2D eigenvalue weighted by Crippen LogP contribution is -2.30. The number of pyridine rings is 1. The Labute approximate surface area is 141 Å². The van der Waals surface area contributed by atoms with Crippen LogP contribution in [0.25, 0.3) is 5.69 Å². The first-order valence-corrected chi connectivity index (χ1v) is 7.79. The lowest BCUT2D eigenvalue weighted by Gasteiger charge is -2.15. The molecule has 2 aliphatic rings. The molecule has 1 aliphatic carbocycles. The highest BCUT2D eigenvalue weighted by molar-refractivity contribution is 6.23. The summed E-state index contributed by atoms with van der Waals surface area (Å²) in [7, 11) is 0. The van der Waals surface area contributed by atoms with Crippen LogP contribution in [-0.2, 0) is 0 Å². The second-order valence-corrected chi connectivity index (χ2v) is 6.04. The van der Waals surface area contributed by atoms with E-state index in [0.29, 0.717) is 0 Å². The molecule has 0 radical (unpaired) electrons. The van der Waals surface area contributed by atoms with Crippen molar-refractivity contribution in [3.05, 3.63) is 57.4 Å². The number of benzene rings is 1. The number of amides is 3. The normalized spacial score (nSPS) is 15.7. The Morgan fingerprint density at radius 3 is 2.60 bits per heavy atom. The molecule has 0 unspecified atom stereocenters. The molecule has 8 nitrogen and oxygen atoms in total. The largest absolute Gasteiger partial charge is 0.384 e. The third-order valence-electron chi connectivity index (χ3n) is 4.26. The fourth-order valence-electron chi connectivity index (χ4n) is 2.88. The van der Waals surface area contributed by atoms with E-state index in [-0.39, 0.29) is 40.1 Å². The molecule has 4 rings (SSSR count). The first-order chi connectivity index (χ1) is 12.0. The van der Waals surface area contributed by atoms with Crippen LogP contribution < -0.4 is 21.9 Å². The van der Waals surface area contributed by atoms with Crippen molar-refractivity contribution < 1.29 is 14.4 Å². The van der Waals surface area contributed by atoms with Gasteiger partial charge in [-0.15, -0.1) is 0 Å². The van der Waals surface area contributed by atoms with Crippen molar-refractivity contribution in [1.29, 1.82) is 0 Å². The number of nitrogens with zero attached hydrogens (tertiary/aromatic N) is 1. The lowest BCUT2D eigenvalue weighted by atomic mass is 10.1. The molecule has 1 saturated carbocycles. The number of fused-ring (bicyclic) bond motifs is 1. The van der Waals surface area contributed by atoms with Gasteiger partial charge in [-0.25, -0.2) is 0 Å². The third kappa shape index (κ3) is 2.38. The van der Waals surface area contributed by atoms with Crippen molar-refractivity contribution in [2.75, 3.05) is 5.73 Å². The molecule has 0 bridgehead atoms. The van der Waals surface area contributed by atoms with Crippen LogP contribution in [0.4, 0.5) is 5.82 Å². The molecule has 1 aliphatic heterocycles. The Balaban J connectivity index is 1.90. The summed E-state index contributed by atoms with van der Waals surface area (Å²) in [5.41, 5.74) is 5.86. The zero-order valence-electron chi connectivity index (χ0n) is 13.0. The lowest BCUT2D eigenvalue weighted by molar-refractivity contribution is 0.0878. The number of imide groups is 1. The zero-order valence-corrected chi connectivity index (χ0v) is 13.0. The molecule has 25 heavy (non-hydrogen) atoms. The highest BCUT2D eigenvalue weighted by Gasteiger charge is 2.32. The fourth-order valence-corrected chi connectivity index (χ4v) is 2.88. The highest BCUT2D eigenvalue weighted by Crippen LogP contribution is 2.25. The topological polar surface area (TPSA) is 123 Å². The minimum atomic E-state index is -0.661. The van der Waals surface area contributed by atoms with Gasteiger partial charge in [0, 0.05) is 12.1 Å². The van der Waals surface area contributed by atoms with Gasteiger partial charge in [0.15, 0.2) is 0 Å². The van der Waals surface area contributed by atoms with E-state index in [0.717, 1.165) is 23.5 Å². The number of nitrogens with two attached hydrogens (primary N) is 1. The summed E-state index contributed by atoms with van der Waals surface area (Å²) >= 11 is 0. The Kier molecular flexibility index (Phi) is 3.21. The molecule has 1 aromatic carbocycles. The van der Waals surface area contributed by atoms with Crippen LogP contribution in [0, 0.1) is 0 Å². The summed E-state index contributed by atoms with van der Waals surface area (Å²) < 4.78 is 1.08. The standard InChI is InChI=1S/C17H14N4O4/c18-14-13-10(16(24)20-17(13)25)7-12(22)21(14)11-4-2-1-3-9(11)15(23)19-8-5-6-8/h1-4,7-8H,5-6,18H2,(H,19,23)(H,20,24,25). The SMILES string of the molecule is Nc1c2c(cc(=O)n1-c1ccccc1C(=O)NC1CC1)C(=O)NC2=O.